The van der Waals surface area contributed by atoms with E-state index in [0.29, 0.717) is 35.8 Å². The van der Waals surface area contributed by atoms with E-state index in [1.54, 1.807) is 37.4 Å². The molecule has 0 aliphatic carbocycles. The highest BCUT2D eigenvalue weighted by atomic mass is 127. The molecule has 0 radical (unpaired) electrons. The number of methoxy groups -OCH3 is 1. The van der Waals surface area contributed by atoms with Crippen LogP contribution in [0.5, 0.6) is 11.5 Å². The summed E-state index contributed by atoms with van der Waals surface area (Å²) >= 11 is 5.82. The number of ether oxygens (including phenoxy) is 2. The standard InChI is InChI=1S/C32H24BrIN2O5/c1-40-29-17-21(16-28(34)25(29)18-22-9-5-6-10-27(22)33)15-26-30(37)35-32(39)36(31(26)38)23-11-13-24(14-12-23)41-19-20-7-3-2-4-8-20/h2-17H,18-19H2,1H3,(H,35,37,39)/b26-15+. The normalized spacial score (nSPS) is 14.3. The molecule has 0 atom stereocenters. The molecule has 1 fully saturated rings. The van der Waals surface area contributed by atoms with Gasteiger partial charge in [0, 0.05) is 20.0 Å². The summed E-state index contributed by atoms with van der Waals surface area (Å²) < 4.78 is 13.4. The maximum Gasteiger partial charge on any atom is 0.335 e. The Labute approximate surface area is 259 Å². The zero-order valence-electron chi connectivity index (χ0n) is 21.9. The van der Waals surface area contributed by atoms with Crippen LogP contribution in [0.4, 0.5) is 10.5 Å². The van der Waals surface area contributed by atoms with Crippen molar-refractivity contribution in [3.05, 3.63) is 127 Å². The molecule has 4 aromatic rings. The number of barbiturate groups is 1. The number of anilines is 1. The molecule has 4 aromatic carbocycles. The van der Waals surface area contributed by atoms with Crippen molar-refractivity contribution >= 4 is 68.1 Å². The van der Waals surface area contributed by atoms with E-state index in [-0.39, 0.29) is 5.57 Å². The quantitative estimate of drug-likeness (QED) is 0.122. The van der Waals surface area contributed by atoms with Crippen molar-refractivity contribution in [3.63, 3.8) is 0 Å². The van der Waals surface area contributed by atoms with Crippen molar-refractivity contribution in [2.75, 3.05) is 12.0 Å². The molecule has 0 aromatic heterocycles. The number of nitrogens with one attached hydrogen (secondary N) is 1. The van der Waals surface area contributed by atoms with Gasteiger partial charge in [0.15, 0.2) is 0 Å². The highest BCUT2D eigenvalue weighted by Crippen LogP contribution is 2.32. The molecule has 5 rings (SSSR count). The van der Waals surface area contributed by atoms with Gasteiger partial charge in [-0.05, 0) is 87.8 Å². The van der Waals surface area contributed by atoms with Crippen LogP contribution in [0.1, 0.15) is 22.3 Å². The van der Waals surface area contributed by atoms with Gasteiger partial charge in [-0.2, -0.15) is 0 Å². The Morgan fingerprint density at radius 3 is 2.34 bits per heavy atom. The summed E-state index contributed by atoms with van der Waals surface area (Å²) in [7, 11) is 1.58. The summed E-state index contributed by atoms with van der Waals surface area (Å²) in [6.45, 7) is 0.383. The summed E-state index contributed by atoms with van der Waals surface area (Å²) in [6, 6.07) is 27.1. The summed E-state index contributed by atoms with van der Waals surface area (Å²) in [5.41, 5.74) is 3.84. The van der Waals surface area contributed by atoms with Crippen LogP contribution >= 0.6 is 38.5 Å². The lowest BCUT2D eigenvalue weighted by Crippen LogP contribution is -2.54. The van der Waals surface area contributed by atoms with Gasteiger partial charge in [-0.3, -0.25) is 14.9 Å². The SMILES string of the molecule is COc1cc(/C=C2\C(=O)NC(=O)N(c3ccc(OCc4ccccc4)cc3)C2=O)cc(I)c1Cc1ccccc1Br. The number of benzene rings is 4. The van der Waals surface area contributed by atoms with Gasteiger partial charge in [0.2, 0.25) is 0 Å². The second kappa shape index (κ2) is 12.7. The molecule has 0 bridgehead atoms. The first-order chi connectivity index (χ1) is 19.8. The van der Waals surface area contributed by atoms with E-state index in [1.807, 2.05) is 60.7 Å². The van der Waals surface area contributed by atoms with E-state index in [4.69, 9.17) is 9.47 Å². The maximum atomic E-state index is 13.4. The fraction of sp³-hybridized carbons (Fsp3) is 0.0938. The van der Waals surface area contributed by atoms with Crippen molar-refractivity contribution in [2.24, 2.45) is 0 Å². The Bertz CT molecular complexity index is 1650. The Balaban J connectivity index is 1.38. The summed E-state index contributed by atoms with van der Waals surface area (Å²) in [4.78, 5) is 39.8. The van der Waals surface area contributed by atoms with Gasteiger partial charge in [-0.25, -0.2) is 9.69 Å². The lowest BCUT2D eigenvalue weighted by atomic mass is 10.0. The van der Waals surface area contributed by atoms with E-state index < -0.39 is 17.8 Å². The first kappa shape index (κ1) is 28.6. The molecule has 206 valence electrons. The third kappa shape index (κ3) is 6.52. The third-order valence-corrected chi connectivity index (χ3v) is 8.21. The smallest absolute Gasteiger partial charge is 0.335 e. The molecule has 1 heterocycles. The van der Waals surface area contributed by atoms with Crippen LogP contribution in [-0.4, -0.2) is 25.0 Å². The monoisotopic (exact) mass is 722 g/mol. The zero-order chi connectivity index (χ0) is 28.9. The lowest BCUT2D eigenvalue weighted by Gasteiger charge is -2.26. The number of hydrogen-bond donors (Lipinski definition) is 1. The first-order valence-corrected chi connectivity index (χ1v) is 14.5. The predicted molar refractivity (Wildman–Crippen MR) is 169 cm³/mol. The molecule has 7 nitrogen and oxygen atoms in total. The minimum atomic E-state index is -0.814. The van der Waals surface area contributed by atoms with Crippen molar-refractivity contribution < 1.29 is 23.9 Å². The molecule has 0 spiro atoms. The molecule has 1 aliphatic heterocycles. The second-order valence-corrected chi connectivity index (χ2v) is 11.2. The number of imide groups is 2. The van der Waals surface area contributed by atoms with Gasteiger partial charge in [-0.15, -0.1) is 0 Å². The number of hydrogen-bond acceptors (Lipinski definition) is 5. The molecule has 1 aliphatic rings. The minimum Gasteiger partial charge on any atom is -0.496 e. The number of halogens is 2. The van der Waals surface area contributed by atoms with Gasteiger partial charge in [0.25, 0.3) is 11.8 Å². The average molecular weight is 723 g/mol. The molecule has 1 saturated heterocycles. The first-order valence-electron chi connectivity index (χ1n) is 12.6. The number of amides is 4. The summed E-state index contributed by atoms with van der Waals surface area (Å²) in [6.07, 6.45) is 2.10. The molecule has 4 amide bonds. The molecule has 0 unspecified atom stereocenters. The number of carbonyl (C=O) groups is 3. The lowest BCUT2D eigenvalue weighted by molar-refractivity contribution is -0.122. The Morgan fingerprint density at radius 2 is 1.63 bits per heavy atom. The van der Waals surface area contributed by atoms with Crippen LogP contribution in [-0.2, 0) is 22.6 Å². The van der Waals surface area contributed by atoms with Crippen molar-refractivity contribution in [1.29, 1.82) is 0 Å². The third-order valence-electron chi connectivity index (χ3n) is 6.48. The molecule has 41 heavy (non-hydrogen) atoms. The summed E-state index contributed by atoms with van der Waals surface area (Å²) in [5, 5.41) is 2.27. The predicted octanol–water partition coefficient (Wildman–Crippen LogP) is 6.90. The summed E-state index contributed by atoms with van der Waals surface area (Å²) in [5.74, 6) is -0.269. The number of rotatable bonds is 8. The Kier molecular flexibility index (Phi) is 8.84. The molecular formula is C32H24BrIN2O5. The van der Waals surface area contributed by atoms with Gasteiger partial charge >= 0.3 is 6.03 Å². The molecule has 0 saturated carbocycles. The van der Waals surface area contributed by atoms with E-state index in [0.717, 1.165) is 29.6 Å². The second-order valence-electron chi connectivity index (χ2n) is 9.18. The van der Waals surface area contributed by atoms with Crippen LogP contribution in [0.3, 0.4) is 0 Å². The van der Waals surface area contributed by atoms with Crippen LogP contribution in [0.2, 0.25) is 0 Å². The topological polar surface area (TPSA) is 84.9 Å². The van der Waals surface area contributed by atoms with Gasteiger partial charge < -0.3 is 9.47 Å². The van der Waals surface area contributed by atoms with Crippen LogP contribution < -0.4 is 19.7 Å². The fourth-order valence-electron chi connectivity index (χ4n) is 4.39. The molecule has 1 N–H and O–H groups in total. The van der Waals surface area contributed by atoms with E-state index >= 15 is 0 Å². The minimum absolute atomic E-state index is 0.162. The largest absolute Gasteiger partial charge is 0.496 e. The van der Waals surface area contributed by atoms with E-state index in [2.05, 4.69) is 43.8 Å². The van der Waals surface area contributed by atoms with Crippen LogP contribution in [0.15, 0.2) is 101 Å². The number of urea groups is 1. The maximum absolute atomic E-state index is 13.4. The van der Waals surface area contributed by atoms with Crippen molar-refractivity contribution in [1.82, 2.24) is 5.32 Å². The van der Waals surface area contributed by atoms with Crippen molar-refractivity contribution in [2.45, 2.75) is 13.0 Å². The van der Waals surface area contributed by atoms with Gasteiger partial charge in [0.05, 0.1) is 12.8 Å². The number of carbonyl (C=O) groups excluding carboxylic acids is 3. The highest BCUT2D eigenvalue weighted by Gasteiger charge is 2.37. The average Bonchev–Trinajstić information content (AvgIpc) is 2.97. The van der Waals surface area contributed by atoms with Crippen molar-refractivity contribution in [3.8, 4) is 11.5 Å². The molecule has 9 heteroatoms. The molecular weight excluding hydrogens is 699 g/mol. The number of nitrogens with zero attached hydrogens (tertiary/aromatic N) is 1. The van der Waals surface area contributed by atoms with Crippen LogP contribution in [0, 0.1) is 3.57 Å². The Morgan fingerprint density at radius 1 is 0.927 bits per heavy atom. The van der Waals surface area contributed by atoms with E-state index in [9.17, 15) is 14.4 Å². The highest BCUT2D eigenvalue weighted by molar-refractivity contribution is 14.1. The Hall–Kier alpha value is -3.96. The zero-order valence-corrected chi connectivity index (χ0v) is 25.6. The fourth-order valence-corrected chi connectivity index (χ4v) is 5.63. The van der Waals surface area contributed by atoms with E-state index in [1.165, 1.54) is 6.08 Å². The van der Waals surface area contributed by atoms with Crippen LogP contribution in [0.25, 0.3) is 6.08 Å². The van der Waals surface area contributed by atoms with Gasteiger partial charge in [-0.1, -0.05) is 64.5 Å². The van der Waals surface area contributed by atoms with Gasteiger partial charge in [0.1, 0.15) is 23.7 Å².